The van der Waals surface area contributed by atoms with E-state index in [1.54, 1.807) is 22.9 Å². The average molecular weight is 371 g/mol. The minimum Gasteiger partial charge on any atom is -0.318 e. The van der Waals surface area contributed by atoms with Gasteiger partial charge in [0.2, 0.25) is 0 Å². The lowest BCUT2D eigenvalue weighted by atomic mass is 10.1. The lowest BCUT2D eigenvalue weighted by Crippen LogP contribution is -2.17. The van der Waals surface area contributed by atoms with Crippen LogP contribution in [0.5, 0.6) is 0 Å². The predicted molar refractivity (Wildman–Crippen MR) is 108 cm³/mol. The van der Waals surface area contributed by atoms with Crippen LogP contribution in [0.2, 0.25) is 0 Å². The highest BCUT2D eigenvalue weighted by Crippen LogP contribution is 2.23. The number of aryl methyl sites for hydroxylation is 1. The van der Waals surface area contributed by atoms with Gasteiger partial charge in [-0.1, -0.05) is 60.2 Å². The number of hydrogen-bond acceptors (Lipinski definition) is 2. The van der Waals surface area contributed by atoms with Crippen molar-refractivity contribution in [3.05, 3.63) is 102 Å². The molecule has 0 bridgehead atoms. The van der Waals surface area contributed by atoms with Gasteiger partial charge in [0, 0.05) is 5.56 Å². The number of carbonyl (C=O) groups excluding carboxylic acids is 1. The van der Waals surface area contributed by atoms with Crippen molar-refractivity contribution in [2.75, 3.05) is 5.32 Å². The summed E-state index contributed by atoms with van der Waals surface area (Å²) in [4.78, 5) is 12.9. The Kier molecular flexibility index (Phi) is 4.72. The zero-order valence-corrected chi connectivity index (χ0v) is 15.3. The van der Waals surface area contributed by atoms with Crippen LogP contribution >= 0.6 is 0 Å². The van der Waals surface area contributed by atoms with Crippen LogP contribution in [0, 0.1) is 12.7 Å². The maximum absolute atomic E-state index is 14.0. The molecule has 0 aliphatic carbocycles. The van der Waals surface area contributed by atoms with E-state index in [0.717, 1.165) is 16.8 Å². The standard InChI is InChI=1S/C23H18FN3O/c1-16-11-13-18(14-12-16)27-22(15-21(26-27)17-7-3-2-4-8-17)23(28)25-20-10-6-5-9-19(20)24/h2-15H,1H3,(H,25,28). The fourth-order valence-corrected chi connectivity index (χ4v) is 2.92. The molecule has 0 fully saturated rings. The van der Waals surface area contributed by atoms with Gasteiger partial charge < -0.3 is 5.32 Å². The minimum absolute atomic E-state index is 0.130. The molecule has 4 nitrogen and oxygen atoms in total. The van der Waals surface area contributed by atoms with E-state index in [4.69, 9.17) is 0 Å². The number of para-hydroxylation sites is 1. The summed E-state index contributed by atoms with van der Waals surface area (Å²) >= 11 is 0. The maximum atomic E-state index is 14.0. The van der Waals surface area contributed by atoms with E-state index in [2.05, 4.69) is 10.4 Å². The van der Waals surface area contributed by atoms with Gasteiger partial charge in [-0.3, -0.25) is 4.79 Å². The van der Waals surface area contributed by atoms with Gasteiger partial charge in [0.25, 0.3) is 5.91 Å². The Morgan fingerprint density at radius 1 is 0.929 bits per heavy atom. The first-order chi connectivity index (χ1) is 13.6. The third-order valence-electron chi connectivity index (χ3n) is 4.41. The second-order valence-electron chi connectivity index (χ2n) is 6.46. The van der Waals surface area contributed by atoms with Crippen LogP contribution in [0.25, 0.3) is 16.9 Å². The van der Waals surface area contributed by atoms with Gasteiger partial charge in [-0.2, -0.15) is 5.10 Å². The van der Waals surface area contributed by atoms with Crippen LogP contribution in [0.3, 0.4) is 0 Å². The largest absolute Gasteiger partial charge is 0.318 e. The summed E-state index contributed by atoms with van der Waals surface area (Å²) in [5, 5.41) is 7.27. The Morgan fingerprint density at radius 2 is 1.61 bits per heavy atom. The summed E-state index contributed by atoms with van der Waals surface area (Å²) in [6.07, 6.45) is 0. The third kappa shape index (κ3) is 3.55. The van der Waals surface area contributed by atoms with Crippen molar-refractivity contribution in [3.63, 3.8) is 0 Å². The molecule has 0 atom stereocenters. The molecule has 0 unspecified atom stereocenters. The van der Waals surface area contributed by atoms with Gasteiger partial charge >= 0.3 is 0 Å². The highest BCUT2D eigenvalue weighted by atomic mass is 19.1. The molecule has 0 aliphatic heterocycles. The zero-order chi connectivity index (χ0) is 19.5. The second kappa shape index (κ2) is 7.48. The quantitative estimate of drug-likeness (QED) is 0.533. The number of benzene rings is 3. The molecule has 1 N–H and O–H groups in total. The third-order valence-corrected chi connectivity index (χ3v) is 4.41. The van der Waals surface area contributed by atoms with Gasteiger partial charge in [0.15, 0.2) is 0 Å². The smallest absolute Gasteiger partial charge is 0.274 e. The molecule has 1 heterocycles. The summed E-state index contributed by atoms with van der Waals surface area (Å²) in [6.45, 7) is 1.99. The number of nitrogens with zero attached hydrogens (tertiary/aromatic N) is 2. The molecule has 28 heavy (non-hydrogen) atoms. The summed E-state index contributed by atoms with van der Waals surface area (Å²) in [7, 11) is 0. The SMILES string of the molecule is Cc1ccc(-n2nc(-c3ccccc3)cc2C(=O)Nc2ccccc2F)cc1. The Hall–Kier alpha value is -3.73. The molecule has 0 aliphatic rings. The van der Waals surface area contributed by atoms with Gasteiger partial charge in [0.1, 0.15) is 11.5 Å². The molecule has 1 amide bonds. The van der Waals surface area contributed by atoms with Gasteiger partial charge in [-0.05, 0) is 37.3 Å². The fourth-order valence-electron chi connectivity index (χ4n) is 2.92. The number of halogens is 1. The number of carbonyl (C=O) groups is 1. The monoisotopic (exact) mass is 371 g/mol. The van der Waals surface area contributed by atoms with Crippen molar-refractivity contribution in [2.24, 2.45) is 0 Å². The van der Waals surface area contributed by atoms with Crippen LogP contribution in [-0.4, -0.2) is 15.7 Å². The Balaban J connectivity index is 1.78. The molecule has 4 aromatic rings. The zero-order valence-electron chi connectivity index (χ0n) is 15.3. The Morgan fingerprint density at radius 3 is 2.32 bits per heavy atom. The molecule has 3 aromatic carbocycles. The van der Waals surface area contributed by atoms with Crippen molar-refractivity contribution in [1.82, 2.24) is 9.78 Å². The van der Waals surface area contributed by atoms with Crippen LogP contribution in [-0.2, 0) is 0 Å². The molecule has 0 saturated heterocycles. The molecule has 138 valence electrons. The molecule has 5 heteroatoms. The summed E-state index contributed by atoms with van der Waals surface area (Å²) < 4.78 is 15.5. The molecule has 0 saturated carbocycles. The highest BCUT2D eigenvalue weighted by molar-refractivity contribution is 6.04. The number of aromatic nitrogens is 2. The van der Waals surface area contributed by atoms with Crippen LogP contribution in [0.4, 0.5) is 10.1 Å². The van der Waals surface area contributed by atoms with Crippen molar-refractivity contribution in [1.29, 1.82) is 0 Å². The molecule has 0 radical (unpaired) electrons. The van der Waals surface area contributed by atoms with Crippen LogP contribution < -0.4 is 5.32 Å². The lowest BCUT2D eigenvalue weighted by Gasteiger charge is -2.09. The van der Waals surface area contributed by atoms with Crippen molar-refractivity contribution >= 4 is 11.6 Å². The number of hydrogen-bond donors (Lipinski definition) is 1. The van der Waals surface area contributed by atoms with E-state index >= 15 is 0 Å². The molecule has 1 aromatic heterocycles. The molecular weight excluding hydrogens is 353 g/mol. The Labute approximate surface area is 162 Å². The molecule has 0 spiro atoms. The number of amides is 1. The van der Waals surface area contributed by atoms with Gasteiger partial charge in [-0.15, -0.1) is 0 Å². The first kappa shape index (κ1) is 17.7. The fraction of sp³-hybridized carbons (Fsp3) is 0.0435. The minimum atomic E-state index is -0.486. The van der Waals surface area contributed by atoms with E-state index in [9.17, 15) is 9.18 Å². The number of rotatable bonds is 4. The normalized spacial score (nSPS) is 10.6. The highest BCUT2D eigenvalue weighted by Gasteiger charge is 2.18. The van der Waals surface area contributed by atoms with E-state index in [1.165, 1.54) is 12.1 Å². The van der Waals surface area contributed by atoms with Crippen molar-refractivity contribution in [2.45, 2.75) is 6.92 Å². The number of nitrogens with one attached hydrogen (secondary N) is 1. The van der Waals surface area contributed by atoms with Crippen LogP contribution in [0.1, 0.15) is 16.1 Å². The number of anilines is 1. The molecular formula is C23H18FN3O. The Bertz CT molecular complexity index is 1120. The predicted octanol–water partition coefficient (Wildman–Crippen LogP) is 5.24. The van der Waals surface area contributed by atoms with Gasteiger partial charge in [0.05, 0.1) is 17.1 Å². The van der Waals surface area contributed by atoms with Crippen LogP contribution in [0.15, 0.2) is 84.9 Å². The average Bonchev–Trinajstić information content (AvgIpc) is 3.16. The van der Waals surface area contributed by atoms with Crippen molar-refractivity contribution in [3.8, 4) is 16.9 Å². The van der Waals surface area contributed by atoms with Crippen molar-refractivity contribution < 1.29 is 9.18 Å². The first-order valence-corrected chi connectivity index (χ1v) is 8.90. The first-order valence-electron chi connectivity index (χ1n) is 8.90. The lowest BCUT2D eigenvalue weighted by molar-refractivity contribution is 0.101. The second-order valence-corrected chi connectivity index (χ2v) is 6.46. The van der Waals surface area contributed by atoms with E-state index < -0.39 is 11.7 Å². The van der Waals surface area contributed by atoms with E-state index in [-0.39, 0.29) is 5.69 Å². The molecule has 4 rings (SSSR count). The maximum Gasteiger partial charge on any atom is 0.274 e. The summed E-state index contributed by atoms with van der Waals surface area (Å²) in [6, 6.07) is 25.1. The summed E-state index contributed by atoms with van der Waals surface area (Å²) in [5.41, 5.74) is 3.88. The summed E-state index contributed by atoms with van der Waals surface area (Å²) in [5.74, 6) is -0.916. The topological polar surface area (TPSA) is 46.9 Å². The van der Waals surface area contributed by atoms with Gasteiger partial charge in [-0.25, -0.2) is 9.07 Å². The van der Waals surface area contributed by atoms with E-state index in [1.807, 2.05) is 61.5 Å². The van der Waals surface area contributed by atoms with E-state index in [0.29, 0.717) is 11.4 Å².